The van der Waals surface area contributed by atoms with Gasteiger partial charge in [0.05, 0.1) is 11.1 Å². The second kappa shape index (κ2) is 7.38. The van der Waals surface area contributed by atoms with Crippen LogP contribution < -0.4 is 4.74 Å². The highest BCUT2D eigenvalue weighted by Crippen LogP contribution is 2.38. The minimum absolute atomic E-state index is 0.145. The third-order valence-electron chi connectivity index (χ3n) is 4.65. The highest BCUT2D eigenvalue weighted by Gasteiger charge is 2.45. The number of aliphatic hydroxyl groups is 2. The largest absolute Gasteiger partial charge is 0.489 e. The van der Waals surface area contributed by atoms with E-state index in [1.54, 1.807) is 18.2 Å². The normalized spacial score (nSPS) is 22.3. The summed E-state index contributed by atoms with van der Waals surface area (Å²) in [5.74, 6) is 0.507. The Morgan fingerprint density at radius 2 is 1.79 bits per heavy atom. The molecule has 1 aromatic carbocycles. The zero-order chi connectivity index (χ0) is 18.1. The summed E-state index contributed by atoms with van der Waals surface area (Å²) in [5.41, 5.74) is -0.389. The van der Waals surface area contributed by atoms with Crippen LogP contribution in [0.15, 0.2) is 18.2 Å². The minimum atomic E-state index is -0.662. The van der Waals surface area contributed by atoms with Crippen LogP contribution >= 0.6 is 23.2 Å². The Morgan fingerprint density at radius 3 is 2.33 bits per heavy atom. The maximum Gasteiger partial charge on any atom is 0.138 e. The lowest BCUT2D eigenvalue weighted by Gasteiger charge is -2.54. The van der Waals surface area contributed by atoms with Crippen molar-refractivity contribution >= 4 is 23.2 Å². The molecule has 136 valence electrons. The maximum absolute atomic E-state index is 10.4. The quantitative estimate of drug-likeness (QED) is 0.822. The van der Waals surface area contributed by atoms with Crippen molar-refractivity contribution < 1.29 is 14.9 Å². The Hall–Kier alpha value is -0.520. The molecule has 24 heavy (non-hydrogen) atoms. The van der Waals surface area contributed by atoms with Gasteiger partial charge in [-0.05, 0) is 58.7 Å². The van der Waals surface area contributed by atoms with Gasteiger partial charge in [-0.25, -0.2) is 0 Å². The Morgan fingerprint density at radius 1 is 1.21 bits per heavy atom. The van der Waals surface area contributed by atoms with Crippen molar-refractivity contribution in [3.8, 4) is 5.75 Å². The predicted molar refractivity (Wildman–Crippen MR) is 98.1 cm³/mol. The van der Waals surface area contributed by atoms with Crippen molar-refractivity contribution in [3.05, 3.63) is 28.2 Å². The van der Waals surface area contributed by atoms with Crippen molar-refractivity contribution in [2.24, 2.45) is 0 Å². The molecule has 0 spiro atoms. The van der Waals surface area contributed by atoms with Crippen LogP contribution in [0.2, 0.25) is 10.0 Å². The van der Waals surface area contributed by atoms with Crippen LogP contribution in [0, 0.1) is 0 Å². The first kappa shape index (κ1) is 19.8. The van der Waals surface area contributed by atoms with Gasteiger partial charge in [0.15, 0.2) is 0 Å². The first-order chi connectivity index (χ1) is 11.0. The lowest BCUT2D eigenvalue weighted by molar-refractivity contribution is -0.1000. The first-order valence-corrected chi connectivity index (χ1v) is 8.98. The summed E-state index contributed by atoms with van der Waals surface area (Å²) >= 11 is 11.9. The fraction of sp³-hybridized carbons (Fsp3) is 0.667. The summed E-state index contributed by atoms with van der Waals surface area (Å²) < 4.78 is 5.64. The summed E-state index contributed by atoms with van der Waals surface area (Å²) in [7, 11) is 0. The third kappa shape index (κ3) is 4.77. The molecule has 1 aliphatic rings. The van der Waals surface area contributed by atoms with E-state index in [2.05, 4.69) is 32.6 Å². The van der Waals surface area contributed by atoms with E-state index < -0.39 is 6.10 Å². The van der Waals surface area contributed by atoms with Gasteiger partial charge in [-0.15, -0.1) is 0 Å². The minimum Gasteiger partial charge on any atom is -0.489 e. The topological polar surface area (TPSA) is 52.9 Å². The van der Waals surface area contributed by atoms with E-state index >= 15 is 0 Å². The van der Waals surface area contributed by atoms with Crippen LogP contribution in [0.5, 0.6) is 5.75 Å². The molecule has 1 aromatic rings. The zero-order valence-corrected chi connectivity index (χ0v) is 16.2. The molecule has 0 aromatic heterocycles. The number of hydrogen-bond acceptors (Lipinski definition) is 4. The lowest BCUT2D eigenvalue weighted by Crippen LogP contribution is -2.63. The number of nitrogens with zero attached hydrogens (tertiary/aromatic N) is 1. The second-order valence-electron chi connectivity index (χ2n) is 7.84. The van der Waals surface area contributed by atoms with Crippen LogP contribution in [-0.4, -0.2) is 51.6 Å². The molecule has 2 N–H and O–H groups in total. The highest BCUT2D eigenvalue weighted by molar-refractivity contribution is 6.35. The van der Waals surface area contributed by atoms with Crippen LogP contribution in [0.3, 0.4) is 0 Å². The molecule has 1 atom stereocenters. The summed E-state index contributed by atoms with van der Waals surface area (Å²) in [5, 5.41) is 21.5. The molecule has 0 radical (unpaired) electrons. The summed E-state index contributed by atoms with van der Waals surface area (Å²) in [4.78, 5) is 2.25. The van der Waals surface area contributed by atoms with Crippen molar-refractivity contribution in [1.82, 2.24) is 4.90 Å². The van der Waals surface area contributed by atoms with E-state index in [4.69, 9.17) is 27.9 Å². The summed E-state index contributed by atoms with van der Waals surface area (Å²) in [6.07, 6.45) is 0.401. The van der Waals surface area contributed by atoms with Gasteiger partial charge in [-0.1, -0.05) is 23.2 Å². The van der Waals surface area contributed by atoms with E-state index in [0.29, 0.717) is 35.2 Å². The van der Waals surface area contributed by atoms with Crippen LogP contribution in [0.1, 0.15) is 40.5 Å². The maximum atomic E-state index is 10.4. The van der Waals surface area contributed by atoms with E-state index in [1.165, 1.54) is 0 Å². The Labute approximate surface area is 154 Å². The van der Waals surface area contributed by atoms with E-state index in [-0.39, 0.29) is 23.8 Å². The van der Waals surface area contributed by atoms with Gasteiger partial charge in [-0.3, -0.25) is 4.90 Å². The molecule has 6 heteroatoms. The van der Waals surface area contributed by atoms with Crippen LogP contribution in [0.25, 0.3) is 0 Å². The molecule has 0 aliphatic carbocycles. The van der Waals surface area contributed by atoms with Crippen molar-refractivity contribution in [1.29, 1.82) is 0 Å². The van der Waals surface area contributed by atoms with Gasteiger partial charge in [0.25, 0.3) is 0 Å². The number of halogens is 2. The Kier molecular flexibility index (Phi) is 6.09. The Bertz CT molecular complexity index is 559. The average molecular weight is 376 g/mol. The summed E-state index contributed by atoms with van der Waals surface area (Å²) in [6, 6.07) is 5.01. The monoisotopic (exact) mass is 375 g/mol. The fourth-order valence-corrected chi connectivity index (χ4v) is 4.26. The predicted octanol–water partition coefficient (Wildman–Crippen LogP) is 3.75. The second-order valence-corrected chi connectivity index (χ2v) is 8.68. The van der Waals surface area contributed by atoms with E-state index in [9.17, 15) is 10.2 Å². The van der Waals surface area contributed by atoms with Gasteiger partial charge >= 0.3 is 0 Å². The van der Waals surface area contributed by atoms with Crippen molar-refractivity contribution in [3.63, 3.8) is 0 Å². The number of β-amino-alcohol motifs (C(OH)–C–C–N with tert-alkyl or cyclic N) is 1. The van der Waals surface area contributed by atoms with Crippen LogP contribution in [-0.2, 0) is 0 Å². The van der Waals surface area contributed by atoms with E-state index in [1.807, 2.05) is 0 Å². The standard InChI is InChI=1S/C18H27Cl2NO3/c1-17(2)8-13(22)9-18(3,4)21(17)10-14(23)11-24-16-6-5-12(19)7-15(16)20/h5-7,13-14,22-23H,8-11H2,1-4H3/t14-/m0/s1. The molecule has 1 fully saturated rings. The van der Waals surface area contributed by atoms with Crippen LogP contribution in [0.4, 0.5) is 0 Å². The zero-order valence-electron chi connectivity index (χ0n) is 14.7. The van der Waals surface area contributed by atoms with Crippen molar-refractivity contribution in [2.75, 3.05) is 13.2 Å². The highest BCUT2D eigenvalue weighted by atomic mass is 35.5. The molecular formula is C18H27Cl2NO3. The first-order valence-electron chi connectivity index (χ1n) is 8.23. The smallest absolute Gasteiger partial charge is 0.138 e. The molecule has 0 unspecified atom stereocenters. The number of piperidine rings is 1. The molecule has 1 aliphatic heterocycles. The lowest BCUT2D eigenvalue weighted by atomic mass is 9.78. The number of aliphatic hydroxyl groups excluding tert-OH is 2. The third-order valence-corrected chi connectivity index (χ3v) is 5.18. The van der Waals surface area contributed by atoms with Crippen molar-refractivity contribution in [2.45, 2.75) is 63.8 Å². The van der Waals surface area contributed by atoms with Gasteiger partial charge in [0.1, 0.15) is 18.5 Å². The molecule has 2 rings (SSSR count). The van der Waals surface area contributed by atoms with Gasteiger partial charge in [0.2, 0.25) is 0 Å². The molecule has 1 saturated heterocycles. The van der Waals surface area contributed by atoms with Gasteiger partial charge in [0, 0.05) is 22.6 Å². The average Bonchev–Trinajstić information content (AvgIpc) is 2.40. The molecule has 4 nitrogen and oxygen atoms in total. The number of benzene rings is 1. The molecule has 1 heterocycles. The fourth-order valence-electron chi connectivity index (χ4n) is 3.80. The number of rotatable bonds is 5. The Balaban J connectivity index is 1.99. The molecular weight excluding hydrogens is 349 g/mol. The number of hydrogen-bond donors (Lipinski definition) is 2. The molecule has 0 amide bonds. The van der Waals surface area contributed by atoms with E-state index in [0.717, 1.165) is 0 Å². The number of likely N-dealkylation sites (tertiary alicyclic amines) is 1. The molecule has 0 bridgehead atoms. The summed E-state index contributed by atoms with van der Waals surface area (Å²) in [6.45, 7) is 9.01. The SMILES string of the molecule is CC1(C)CC(O)CC(C)(C)N1C[C@H](O)COc1ccc(Cl)cc1Cl. The number of ether oxygens (including phenoxy) is 1. The molecule has 0 saturated carbocycles. The van der Waals surface area contributed by atoms with Gasteiger partial charge in [-0.2, -0.15) is 0 Å². The van der Waals surface area contributed by atoms with Gasteiger partial charge < -0.3 is 14.9 Å².